The third kappa shape index (κ3) is 3.83. The van der Waals surface area contributed by atoms with E-state index in [9.17, 15) is 9.59 Å². The summed E-state index contributed by atoms with van der Waals surface area (Å²) in [5.41, 5.74) is 4.11. The van der Waals surface area contributed by atoms with Crippen LogP contribution in [0.5, 0.6) is 5.75 Å². The molecular weight excluding hydrogens is 360 g/mol. The minimum absolute atomic E-state index is 0.0137. The minimum atomic E-state index is -0.275. The molecule has 0 radical (unpaired) electrons. The molecule has 2 aromatic carbocycles. The molecule has 0 saturated carbocycles. The van der Waals surface area contributed by atoms with E-state index >= 15 is 0 Å². The van der Waals surface area contributed by atoms with E-state index in [1.807, 2.05) is 25.1 Å². The van der Waals surface area contributed by atoms with E-state index in [-0.39, 0.29) is 18.4 Å². The van der Waals surface area contributed by atoms with Crippen LogP contribution in [0.1, 0.15) is 17.5 Å². The van der Waals surface area contributed by atoms with Crippen LogP contribution in [0, 0.1) is 6.92 Å². The van der Waals surface area contributed by atoms with Gasteiger partial charge in [0.25, 0.3) is 5.91 Å². The van der Waals surface area contributed by atoms with E-state index < -0.39 is 0 Å². The summed E-state index contributed by atoms with van der Waals surface area (Å²) in [5, 5.41) is 16.7. The van der Waals surface area contributed by atoms with Crippen molar-refractivity contribution in [2.75, 3.05) is 17.2 Å². The average molecular weight is 378 g/mol. The number of ether oxygens (including phenoxy) is 1. The zero-order chi connectivity index (χ0) is 19.5. The molecule has 0 unspecified atom stereocenters. The molecule has 0 fully saturated rings. The number of anilines is 2. The SMILES string of the molecule is Cc1ccc(-n2cnnn2)cc1NC(=O)COc1ccc2c(c1)CCC(=O)N2. The number of aryl methyl sites for hydroxylation is 2. The van der Waals surface area contributed by atoms with Gasteiger partial charge in [-0.05, 0) is 65.2 Å². The van der Waals surface area contributed by atoms with Crippen LogP contribution in [0.3, 0.4) is 0 Å². The second-order valence-corrected chi connectivity index (χ2v) is 6.46. The molecule has 0 atom stereocenters. The van der Waals surface area contributed by atoms with Crippen LogP contribution in [-0.2, 0) is 16.0 Å². The Labute approximate surface area is 160 Å². The molecule has 4 rings (SSSR count). The molecule has 9 nitrogen and oxygen atoms in total. The summed E-state index contributed by atoms with van der Waals surface area (Å²) in [6.07, 6.45) is 2.60. The summed E-state index contributed by atoms with van der Waals surface area (Å²) in [6, 6.07) is 10.9. The van der Waals surface area contributed by atoms with Crippen molar-refractivity contribution in [3.05, 3.63) is 53.9 Å². The van der Waals surface area contributed by atoms with Gasteiger partial charge in [-0.25, -0.2) is 4.68 Å². The first kappa shape index (κ1) is 17.7. The first-order chi connectivity index (χ1) is 13.6. The highest BCUT2D eigenvalue weighted by molar-refractivity contribution is 5.94. The van der Waals surface area contributed by atoms with Crippen molar-refractivity contribution in [1.82, 2.24) is 20.2 Å². The predicted molar refractivity (Wildman–Crippen MR) is 101 cm³/mol. The lowest BCUT2D eigenvalue weighted by Gasteiger charge is -2.17. The van der Waals surface area contributed by atoms with Crippen molar-refractivity contribution in [2.24, 2.45) is 0 Å². The van der Waals surface area contributed by atoms with Gasteiger partial charge >= 0.3 is 0 Å². The molecule has 0 saturated heterocycles. The molecule has 9 heteroatoms. The lowest BCUT2D eigenvalue weighted by Crippen LogP contribution is -2.21. The molecule has 2 N–H and O–H groups in total. The molecule has 0 spiro atoms. The third-order valence-electron chi connectivity index (χ3n) is 4.45. The zero-order valence-electron chi connectivity index (χ0n) is 15.2. The maximum absolute atomic E-state index is 12.3. The maximum Gasteiger partial charge on any atom is 0.262 e. The zero-order valence-corrected chi connectivity index (χ0v) is 15.2. The van der Waals surface area contributed by atoms with Crippen LogP contribution >= 0.6 is 0 Å². The molecule has 0 bridgehead atoms. The second-order valence-electron chi connectivity index (χ2n) is 6.46. The first-order valence-electron chi connectivity index (χ1n) is 8.78. The fraction of sp³-hybridized carbons (Fsp3) is 0.211. The summed E-state index contributed by atoms with van der Waals surface area (Å²) in [5.74, 6) is 0.326. The monoisotopic (exact) mass is 378 g/mol. The molecule has 3 aromatic rings. The van der Waals surface area contributed by atoms with Gasteiger partial charge in [-0.1, -0.05) is 6.07 Å². The standard InChI is InChI=1S/C19H18N6O3/c1-12-2-4-14(25-11-20-23-24-25)9-17(12)22-19(27)10-28-15-5-6-16-13(8-15)3-7-18(26)21-16/h2,4-6,8-9,11H,3,7,10H2,1H3,(H,21,26)(H,22,27). The fourth-order valence-electron chi connectivity index (χ4n) is 2.95. The molecule has 28 heavy (non-hydrogen) atoms. The Morgan fingerprint density at radius 1 is 1.25 bits per heavy atom. The van der Waals surface area contributed by atoms with E-state index in [0.29, 0.717) is 24.3 Å². The number of carbonyl (C=O) groups excluding carboxylic acids is 2. The van der Waals surface area contributed by atoms with Crippen molar-refractivity contribution in [3.8, 4) is 11.4 Å². The Kier molecular flexibility index (Phi) is 4.71. The molecule has 1 aliphatic heterocycles. The predicted octanol–water partition coefficient (Wildman–Crippen LogP) is 1.87. The van der Waals surface area contributed by atoms with Gasteiger partial charge in [-0.2, -0.15) is 0 Å². The number of tetrazole rings is 1. The third-order valence-corrected chi connectivity index (χ3v) is 4.45. The second kappa shape index (κ2) is 7.47. The number of amides is 2. The summed E-state index contributed by atoms with van der Waals surface area (Å²) >= 11 is 0. The largest absolute Gasteiger partial charge is 0.484 e. The Morgan fingerprint density at radius 2 is 2.14 bits per heavy atom. The Bertz CT molecular complexity index is 1030. The highest BCUT2D eigenvalue weighted by atomic mass is 16.5. The Morgan fingerprint density at radius 3 is 2.96 bits per heavy atom. The lowest BCUT2D eigenvalue weighted by molar-refractivity contribution is -0.118. The van der Waals surface area contributed by atoms with Gasteiger partial charge in [-0.15, -0.1) is 5.10 Å². The van der Waals surface area contributed by atoms with Crippen molar-refractivity contribution >= 4 is 23.2 Å². The van der Waals surface area contributed by atoms with E-state index in [0.717, 1.165) is 22.5 Å². The van der Waals surface area contributed by atoms with Gasteiger partial charge in [0.1, 0.15) is 12.1 Å². The van der Waals surface area contributed by atoms with E-state index in [4.69, 9.17) is 4.74 Å². The van der Waals surface area contributed by atoms with Crippen LogP contribution in [0.25, 0.3) is 5.69 Å². The number of carbonyl (C=O) groups is 2. The molecule has 1 aliphatic rings. The molecule has 0 aliphatic carbocycles. The number of nitrogens with zero attached hydrogens (tertiary/aromatic N) is 4. The number of nitrogens with one attached hydrogen (secondary N) is 2. The smallest absolute Gasteiger partial charge is 0.262 e. The van der Waals surface area contributed by atoms with Crippen LogP contribution in [0.2, 0.25) is 0 Å². The van der Waals surface area contributed by atoms with E-state index in [2.05, 4.69) is 26.2 Å². The van der Waals surface area contributed by atoms with Gasteiger partial charge in [0.05, 0.1) is 5.69 Å². The highest BCUT2D eigenvalue weighted by Crippen LogP contribution is 2.27. The lowest BCUT2D eigenvalue weighted by atomic mass is 10.0. The number of hydrogen-bond acceptors (Lipinski definition) is 6. The van der Waals surface area contributed by atoms with Crippen molar-refractivity contribution in [3.63, 3.8) is 0 Å². The normalized spacial score (nSPS) is 12.8. The van der Waals surface area contributed by atoms with Gasteiger partial charge in [0, 0.05) is 17.8 Å². The van der Waals surface area contributed by atoms with Gasteiger partial charge in [0.2, 0.25) is 5.91 Å². The highest BCUT2D eigenvalue weighted by Gasteiger charge is 2.15. The van der Waals surface area contributed by atoms with Crippen molar-refractivity contribution < 1.29 is 14.3 Å². The number of fused-ring (bicyclic) bond motifs is 1. The molecular formula is C19H18N6O3. The minimum Gasteiger partial charge on any atom is -0.484 e. The molecule has 2 amide bonds. The number of hydrogen-bond donors (Lipinski definition) is 2. The van der Waals surface area contributed by atoms with Crippen molar-refractivity contribution in [1.29, 1.82) is 0 Å². The van der Waals surface area contributed by atoms with Crippen molar-refractivity contribution in [2.45, 2.75) is 19.8 Å². The number of benzene rings is 2. The number of rotatable bonds is 5. The van der Waals surface area contributed by atoms with Crippen LogP contribution in [0.4, 0.5) is 11.4 Å². The van der Waals surface area contributed by atoms with Gasteiger partial charge < -0.3 is 15.4 Å². The summed E-state index contributed by atoms with van der Waals surface area (Å²) in [4.78, 5) is 23.7. The van der Waals surface area contributed by atoms with Crippen LogP contribution in [-0.4, -0.2) is 38.6 Å². The van der Waals surface area contributed by atoms with E-state index in [1.54, 1.807) is 18.2 Å². The molecule has 142 valence electrons. The quantitative estimate of drug-likeness (QED) is 0.701. The average Bonchev–Trinajstić information content (AvgIpc) is 3.23. The summed E-state index contributed by atoms with van der Waals surface area (Å²) < 4.78 is 7.12. The molecule has 2 heterocycles. The number of aromatic nitrogens is 4. The Hall–Kier alpha value is -3.75. The first-order valence-corrected chi connectivity index (χ1v) is 8.78. The maximum atomic E-state index is 12.3. The summed E-state index contributed by atoms with van der Waals surface area (Å²) in [7, 11) is 0. The van der Waals surface area contributed by atoms with Gasteiger partial charge in [-0.3, -0.25) is 9.59 Å². The Balaban J connectivity index is 1.40. The topological polar surface area (TPSA) is 111 Å². The molecule has 1 aromatic heterocycles. The summed E-state index contributed by atoms with van der Waals surface area (Å²) in [6.45, 7) is 1.78. The van der Waals surface area contributed by atoms with Gasteiger partial charge in [0.15, 0.2) is 6.61 Å². The fourth-order valence-corrected chi connectivity index (χ4v) is 2.95. The van der Waals surface area contributed by atoms with Crippen LogP contribution < -0.4 is 15.4 Å². The van der Waals surface area contributed by atoms with E-state index in [1.165, 1.54) is 11.0 Å². The van der Waals surface area contributed by atoms with Crippen LogP contribution in [0.15, 0.2) is 42.7 Å².